The van der Waals surface area contributed by atoms with E-state index >= 15 is 0 Å². The van der Waals surface area contributed by atoms with Crippen molar-refractivity contribution in [3.63, 3.8) is 0 Å². The van der Waals surface area contributed by atoms with E-state index in [2.05, 4.69) is 10.2 Å². The Morgan fingerprint density at radius 3 is 2.62 bits per heavy atom. The molecule has 0 amide bonds. The number of nitrogens with zero attached hydrogens (tertiary/aromatic N) is 3. The summed E-state index contributed by atoms with van der Waals surface area (Å²) in [6.45, 7) is 2.51. The summed E-state index contributed by atoms with van der Waals surface area (Å²) in [6, 6.07) is 0. The summed E-state index contributed by atoms with van der Waals surface area (Å²) in [4.78, 5) is 0. The molecule has 2 atom stereocenters. The molecule has 7 nitrogen and oxygen atoms in total. The van der Waals surface area contributed by atoms with Crippen molar-refractivity contribution in [2.45, 2.75) is 30.5 Å². The quantitative estimate of drug-likeness (QED) is 0.747. The van der Waals surface area contributed by atoms with Crippen molar-refractivity contribution in [2.24, 2.45) is 12.2 Å². The Balaban J connectivity index is 2.34. The molecule has 8 heteroatoms. The van der Waals surface area contributed by atoms with Crippen LogP contribution in [-0.2, 0) is 21.8 Å². The van der Waals surface area contributed by atoms with E-state index in [0.717, 1.165) is 6.42 Å². The van der Waals surface area contributed by atoms with E-state index in [4.69, 9.17) is 9.88 Å². The molecule has 1 aliphatic heterocycles. The van der Waals surface area contributed by atoms with Crippen LogP contribution in [0, 0.1) is 0 Å². The second kappa shape index (κ2) is 3.79. The van der Waals surface area contributed by atoms with Crippen LogP contribution in [0.2, 0.25) is 0 Å². The molecule has 0 aromatic carbocycles. The molecule has 1 aromatic heterocycles. The van der Waals surface area contributed by atoms with E-state index in [-0.39, 0.29) is 17.2 Å². The van der Waals surface area contributed by atoms with E-state index < -0.39 is 10.0 Å². The molecule has 16 heavy (non-hydrogen) atoms. The third-order valence-corrected chi connectivity index (χ3v) is 3.55. The molecule has 1 fully saturated rings. The lowest BCUT2D eigenvalue weighted by Crippen LogP contribution is -2.18. The summed E-state index contributed by atoms with van der Waals surface area (Å²) < 4.78 is 29.2. The Bertz CT molecular complexity index is 495. The third-order valence-electron chi connectivity index (χ3n) is 2.69. The zero-order valence-corrected chi connectivity index (χ0v) is 9.94. The number of hydrogen-bond acceptors (Lipinski definition) is 5. The van der Waals surface area contributed by atoms with Gasteiger partial charge in [-0.1, -0.05) is 0 Å². The first-order chi connectivity index (χ1) is 7.39. The van der Waals surface area contributed by atoms with Gasteiger partial charge >= 0.3 is 0 Å². The molecule has 2 unspecified atom stereocenters. The van der Waals surface area contributed by atoms with Gasteiger partial charge in [-0.25, -0.2) is 13.6 Å². The highest BCUT2D eigenvalue weighted by molar-refractivity contribution is 7.89. The number of hydrogen-bond donors (Lipinski definition) is 1. The third kappa shape index (κ3) is 1.95. The SMILES string of the molecule is CC1CC(c2nnc(S(N)(=O)=O)n2C)CO1. The molecule has 0 aliphatic carbocycles. The second-order valence-electron chi connectivity index (χ2n) is 4.02. The summed E-state index contributed by atoms with van der Waals surface area (Å²) in [5.41, 5.74) is 0. The van der Waals surface area contributed by atoms with Crippen molar-refractivity contribution in [3.8, 4) is 0 Å². The molecular weight excluding hydrogens is 232 g/mol. The van der Waals surface area contributed by atoms with E-state index in [1.807, 2.05) is 6.92 Å². The van der Waals surface area contributed by atoms with Crippen LogP contribution in [0.3, 0.4) is 0 Å². The van der Waals surface area contributed by atoms with Crippen LogP contribution >= 0.6 is 0 Å². The van der Waals surface area contributed by atoms with Gasteiger partial charge in [0.1, 0.15) is 5.82 Å². The first-order valence-electron chi connectivity index (χ1n) is 4.93. The minimum atomic E-state index is -3.81. The normalized spacial score (nSPS) is 26.2. The Morgan fingerprint density at radius 1 is 1.50 bits per heavy atom. The molecule has 1 aliphatic rings. The van der Waals surface area contributed by atoms with Crippen molar-refractivity contribution >= 4 is 10.0 Å². The number of aromatic nitrogens is 3. The van der Waals surface area contributed by atoms with Crippen LogP contribution in [0.15, 0.2) is 5.16 Å². The number of ether oxygens (including phenoxy) is 1. The van der Waals surface area contributed by atoms with Gasteiger partial charge in [-0.05, 0) is 13.3 Å². The number of nitrogens with two attached hydrogens (primary N) is 1. The van der Waals surface area contributed by atoms with Crippen LogP contribution in [0.25, 0.3) is 0 Å². The van der Waals surface area contributed by atoms with Gasteiger partial charge < -0.3 is 9.30 Å². The Labute approximate surface area is 93.7 Å². The Kier molecular flexibility index (Phi) is 2.72. The lowest BCUT2D eigenvalue weighted by Gasteiger charge is -2.06. The van der Waals surface area contributed by atoms with Crippen molar-refractivity contribution in [1.82, 2.24) is 14.8 Å². The van der Waals surface area contributed by atoms with Gasteiger partial charge in [0.25, 0.3) is 15.2 Å². The van der Waals surface area contributed by atoms with E-state index in [9.17, 15) is 8.42 Å². The topological polar surface area (TPSA) is 100 Å². The fourth-order valence-electron chi connectivity index (χ4n) is 1.93. The standard InChI is InChI=1S/C8H14N4O3S/c1-5-3-6(4-15-5)7-10-11-8(12(7)2)16(9,13)14/h5-6H,3-4H2,1-2H3,(H2,9,13,14). The monoisotopic (exact) mass is 246 g/mol. The average molecular weight is 246 g/mol. The lowest BCUT2D eigenvalue weighted by molar-refractivity contribution is 0.123. The van der Waals surface area contributed by atoms with Gasteiger partial charge in [-0.15, -0.1) is 10.2 Å². The molecule has 2 N–H and O–H groups in total. The minimum absolute atomic E-state index is 0.0861. The van der Waals surface area contributed by atoms with Crippen molar-refractivity contribution in [3.05, 3.63) is 5.82 Å². The van der Waals surface area contributed by atoms with Crippen LogP contribution in [0.4, 0.5) is 0 Å². The molecule has 90 valence electrons. The highest BCUT2D eigenvalue weighted by Crippen LogP contribution is 2.28. The van der Waals surface area contributed by atoms with Gasteiger partial charge in [0.15, 0.2) is 0 Å². The first-order valence-corrected chi connectivity index (χ1v) is 6.48. The summed E-state index contributed by atoms with van der Waals surface area (Å²) in [5.74, 6) is 0.691. The van der Waals surface area contributed by atoms with Crippen LogP contribution < -0.4 is 5.14 Å². The number of rotatable bonds is 2. The lowest BCUT2D eigenvalue weighted by atomic mass is 10.1. The van der Waals surface area contributed by atoms with Crippen molar-refractivity contribution in [1.29, 1.82) is 0 Å². The highest BCUT2D eigenvalue weighted by atomic mass is 32.2. The molecular formula is C8H14N4O3S. The van der Waals surface area contributed by atoms with Gasteiger partial charge in [0.05, 0.1) is 12.7 Å². The first kappa shape index (κ1) is 11.5. The van der Waals surface area contributed by atoms with E-state index in [1.165, 1.54) is 4.57 Å². The highest BCUT2D eigenvalue weighted by Gasteiger charge is 2.29. The molecule has 0 bridgehead atoms. The van der Waals surface area contributed by atoms with E-state index in [1.54, 1.807) is 7.05 Å². The molecule has 2 rings (SSSR count). The average Bonchev–Trinajstić information content (AvgIpc) is 2.70. The fraction of sp³-hybridized carbons (Fsp3) is 0.750. The number of primary sulfonamides is 1. The smallest absolute Gasteiger partial charge is 0.273 e. The largest absolute Gasteiger partial charge is 0.378 e. The van der Waals surface area contributed by atoms with Crippen LogP contribution in [0.5, 0.6) is 0 Å². The molecule has 1 aromatic rings. The predicted molar refractivity (Wildman–Crippen MR) is 55.1 cm³/mol. The van der Waals surface area contributed by atoms with Crippen molar-refractivity contribution < 1.29 is 13.2 Å². The van der Waals surface area contributed by atoms with Crippen LogP contribution in [0.1, 0.15) is 25.1 Å². The maximum atomic E-state index is 11.2. The molecule has 0 radical (unpaired) electrons. The summed E-state index contributed by atoms with van der Waals surface area (Å²) in [6.07, 6.45) is 0.982. The van der Waals surface area contributed by atoms with Crippen molar-refractivity contribution in [2.75, 3.05) is 6.61 Å². The zero-order chi connectivity index (χ0) is 11.9. The van der Waals surface area contributed by atoms with Gasteiger partial charge in [0.2, 0.25) is 0 Å². The maximum Gasteiger partial charge on any atom is 0.273 e. The molecule has 0 spiro atoms. The maximum absolute atomic E-state index is 11.2. The molecule has 1 saturated heterocycles. The summed E-state index contributed by atoms with van der Waals surface area (Å²) in [5, 5.41) is 12.3. The van der Waals surface area contributed by atoms with Gasteiger partial charge in [0, 0.05) is 13.0 Å². The zero-order valence-electron chi connectivity index (χ0n) is 9.12. The predicted octanol–water partition coefficient (Wildman–Crippen LogP) is -0.645. The second-order valence-corrected chi connectivity index (χ2v) is 5.48. The fourth-order valence-corrected chi connectivity index (χ4v) is 2.56. The number of sulfonamides is 1. The van der Waals surface area contributed by atoms with E-state index in [0.29, 0.717) is 12.4 Å². The Morgan fingerprint density at radius 2 is 2.19 bits per heavy atom. The minimum Gasteiger partial charge on any atom is -0.378 e. The molecule has 0 saturated carbocycles. The summed E-state index contributed by atoms with van der Waals surface area (Å²) >= 11 is 0. The van der Waals surface area contributed by atoms with Gasteiger partial charge in [-0.3, -0.25) is 0 Å². The Hall–Kier alpha value is -0.990. The van der Waals surface area contributed by atoms with Crippen LogP contribution in [-0.4, -0.2) is 35.9 Å². The summed E-state index contributed by atoms with van der Waals surface area (Å²) in [7, 11) is -2.21. The molecule has 2 heterocycles. The van der Waals surface area contributed by atoms with Gasteiger partial charge in [-0.2, -0.15) is 0 Å².